The predicted molar refractivity (Wildman–Crippen MR) is 104 cm³/mol. The largest absolute Gasteiger partial charge is 0.450 e. The summed E-state index contributed by atoms with van der Waals surface area (Å²) in [6.07, 6.45) is 1.34. The van der Waals surface area contributed by atoms with Gasteiger partial charge in [-0.3, -0.25) is 4.79 Å². The quantitative estimate of drug-likeness (QED) is 0.768. The zero-order chi connectivity index (χ0) is 19.1. The maximum atomic E-state index is 12.4. The lowest BCUT2D eigenvalue weighted by atomic mass is 10.1. The zero-order valence-electron chi connectivity index (χ0n) is 16.2. The Balaban J connectivity index is 1.35. The summed E-state index contributed by atoms with van der Waals surface area (Å²) in [4.78, 5) is 29.6. The summed E-state index contributed by atoms with van der Waals surface area (Å²) in [6, 6.07) is 10.6. The van der Waals surface area contributed by atoms with Gasteiger partial charge in [-0.05, 0) is 31.9 Å². The summed E-state index contributed by atoms with van der Waals surface area (Å²) in [7, 11) is 0. The second-order valence-corrected chi connectivity index (χ2v) is 7.28. The first kappa shape index (κ1) is 19.5. The number of benzene rings is 1. The highest BCUT2D eigenvalue weighted by Gasteiger charge is 2.27. The van der Waals surface area contributed by atoms with Crippen molar-refractivity contribution in [1.29, 1.82) is 0 Å². The highest BCUT2D eigenvalue weighted by Crippen LogP contribution is 2.13. The topological polar surface area (TPSA) is 66.3 Å². The molecule has 0 aliphatic carbocycles. The van der Waals surface area contributed by atoms with Crippen molar-refractivity contribution in [3.05, 3.63) is 30.3 Å². The minimum Gasteiger partial charge on any atom is -0.450 e. The summed E-state index contributed by atoms with van der Waals surface area (Å²) in [6.45, 7) is 7.94. The van der Waals surface area contributed by atoms with Gasteiger partial charge in [0.25, 0.3) is 5.91 Å². The number of quaternary nitrogens is 1. The lowest BCUT2D eigenvalue weighted by molar-refractivity contribution is -0.892. The number of hydrogen-bond acceptors (Lipinski definition) is 4. The molecule has 2 fully saturated rings. The van der Waals surface area contributed by atoms with Gasteiger partial charge >= 0.3 is 6.09 Å². The molecule has 0 aromatic heterocycles. The average Bonchev–Trinajstić information content (AvgIpc) is 2.70. The molecule has 2 saturated heterocycles. The van der Waals surface area contributed by atoms with Crippen LogP contribution in [-0.4, -0.2) is 75.4 Å². The molecule has 2 aliphatic rings. The number of likely N-dealkylation sites (tertiary alicyclic amines) is 1. The van der Waals surface area contributed by atoms with Crippen LogP contribution in [-0.2, 0) is 9.53 Å². The van der Waals surface area contributed by atoms with Crippen LogP contribution in [0.4, 0.5) is 10.5 Å². The molecule has 148 valence electrons. The summed E-state index contributed by atoms with van der Waals surface area (Å²) in [5.74, 6) is 0.118. The third-order valence-corrected chi connectivity index (χ3v) is 5.39. The van der Waals surface area contributed by atoms with Crippen molar-refractivity contribution in [2.75, 3.05) is 57.3 Å². The SMILES string of the molecule is CCOC(=O)N1CCC(NC(=O)C[NH+]2CCN(c3ccccc3)CC2)CC1. The van der Waals surface area contributed by atoms with E-state index in [9.17, 15) is 9.59 Å². The number of hydrogen-bond donors (Lipinski definition) is 2. The fraction of sp³-hybridized carbons (Fsp3) is 0.600. The van der Waals surface area contributed by atoms with Crippen molar-refractivity contribution >= 4 is 17.7 Å². The van der Waals surface area contributed by atoms with E-state index in [4.69, 9.17) is 4.74 Å². The molecular weight excluding hydrogens is 344 g/mol. The number of ether oxygens (including phenoxy) is 1. The Kier molecular flexibility index (Phi) is 6.92. The summed E-state index contributed by atoms with van der Waals surface area (Å²) < 4.78 is 5.03. The summed E-state index contributed by atoms with van der Waals surface area (Å²) in [5, 5.41) is 3.15. The van der Waals surface area contributed by atoms with E-state index in [-0.39, 0.29) is 18.0 Å². The molecule has 0 atom stereocenters. The summed E-state index contributed by atoms with van der Waals surface area (Å²) >= 11 is 0. The molecule has 1 aromatic rings. The lowest BCUT2D eigenvalue weighted by Crippen LogP contribution is -3.16. The molecule has 0 saturated carbocycles. The molecular formula is C20H31N4O3+. The van der Waals surface area contributed by atoms with Crippen molar-refractivity contribution in [2.45, 2.75) is 25.8 Å². The smallest absolute Gasteiger partial charge is 0.409 e. The van der Waals surface area contributed by atoms with Gasteiger partial charge in [0.2, 0.25) is 0 Å². The van der Waals surface area contributed by atoms with Crippen LogP contribution in [0.15, 0.2) is 30.3 Å². The average molecular weight is 375 g/mol. The van der Waals surface area contributed by atoms with Gasteiger partial charge in [-0.2, -0.15) is 0 Å². The third-order valence-electron chi connectivity index (χ3n) is 5.39. The number of piperidine rings is 1. The van der Waals surface area contributed by atoms with Crippen molar-refractivity contribution in [1.82, 2.24) is 10.2 Å². The van der Waals surface area contributed by atoms with Crippen LogP contribution in [0, 0.1) is 0 Å². The number of carbonyl (C=O) groups is 2. The Labute approximate surface area is 161 Å². The number of nitrogens with zero attached hydrogens (tertiary/aromatic N) is 2. The second kappa shape index (κ2) is 9.60. The van der Waals surface area contributed by atoms with E-state index < -0.39 is 0 Å². The van der Waals surface area contributed by atoms with Crippen molar-refractivity contribution in [3.8, 4) is 0 Å². The normalized spacial score (nSPS) is 19.0. The Bertz CT molecular complexity index is 609. The first-order chi connectivity index (χ1) is 13.2. The molecule has 0 radical (unpaired) electrons. The molecule has 0 unspecified atom stereocenters. The van der Waals surface area contributed by atoms with E-state index in [1.165, 1.54) is 10.6 Å². The number of anilines is 1. The second-order valence-electron chi connectivity index (χ2n) is 7.28. The van der Waals surface area contributed by atoms with Crippen LogP contribution < -0.4 is 15.1 Å². The monoisotopic (exact) mass is 375 g/mol. The molecule has 3 rings (SSSR count). The van der Waals surface area contributed by atoms with Crippen LogP contribution >= 0.6 is 0 Å². The van der Waals surface area contributed by atoms with Gasteiger partial charge in [0.1, 0.15) is 0 Å². The Hall–Kier alpha value is -2.28. The molecule has 2 heterocycles. The van der Waals surface area contributed by atoms with Gasteiger partial charge in [0.15, 0.2) is 6.54 Å². The molecule has 2 aliphatic heterocycles. The van der Waals surface area contributed by atoms with Gasteiger partial charge in [0, 0.05) is 24.8 Å². The highest BCUT2D eigenvalue weighted by molar-refractivity contribution is 5.77. The van der Waals surface area contributed by atoms with Crippen LogP contribution in [0.25, 0.3) is 0 Å². The lowest BCUT2D eigenvalue weighted by Gasteiger charge is -2.34. The van der Waals surface area contributed by atoms with Crippen molar-refractivity contribution in [3.63, 3.8) is 0 Å². The molecule has 0 spiro atoms. The van der Waals surface area contributed by atoms with E-state index in [1.807, 2.05) is 13.0 Å². The first-order valence-corrected chi connectivity index (χ1v) is 10.0. The van der Waals surface area contributed by atoms with E-state index in [2.05, 4.69) is 34.5 Å². The van der Waals surface area contributed by atoms with E-state index in [0.717, 1.165) is 39.0 Å². The van der Waals surface area contributed by atoms with E-state index in [1.54, 1.807) is 4.90 Å². The number of piperazine rings is 1. The fourth-order valence-corrected chi connectivity index (χ4v) is 3.82. The Morgan fingerprint density at radius 3 is 2.41 bits per heavy atom. The minimum atomic E-state index is -0.247. The molecule has 0 bridgehead atoms. The number of amides is 2. The molecule has 7 heteroatoms. The fourth-order valence-electron chi connectivity index (χ4n) is 3.82. The van der Waals surface area contributed by atoms with Crippen LogP contribution in [0.5, 0.6) is 0 Å². The Morgan fingerprint density at radius 2 is 1.78 bits per heavy atom. The number of carbonyl (C=O) groups excluding carboxylic acids is 2. The number of rotatable bonds is 5. The minimum absolute atomic E-state index is 0.118. The molecule has 2 N–H and O–H groups in total. The third kappa shape index (κ3) is 5.60. The molecule has 1 aromatic carbocycles. The van der Waals surface area contributed by atoms with Gasteiger partial charge in [-0.15, -0.1) is 0 Å². The first-order valence-electron chi connectivity index (χ1n) is 10.0. The summed E-state index contributed by atoms with van der Waals surface area (Å²) in [5.41, 5.74) is 1.26. The zero-order valence-corrected chi connectivity index (χ0v) is 16.2. The number of para-hydroxylation sites is 1. The molecule has 27 heavy (non-hydrogen) atoms. The van der Waals surface area contributed by atoms with Crippen LogP contribution in [0.2, 0.25) is 0 Å². The van der Waals surface area contributed by atoms with Crippen LogP contribution in [0.1, 0.15) is 19.8 Å². The molecule has 7 nitrogen and oxygen atoms in total. The highest BCUT2D eigenvalue weighted by atomic mass is 16.6. The van der Waals surface area contributed by atoms with Gasteiger partial charge in [-0.1, -0.05) is 18.2 Å². The standard InChI is InChI=1S/C20H30N4O3/c1-2-27-20(26)24-10-8-17(9-11-24)21-19(25)16-22-12-14-23(15-13-22)18-6-4-3-5-7-18/h3-7,17H,2,8-16H2,1H3,(H,21,25)/p+1. The number of nitrogens with one attached hydrogen (secondary N) is 2. The van der Waals surface area contributed by atoms with Crippen molar-refractivity contribution in [2.24, 2.45) is 0 Å². The van der Waals surface area contributed by atoms with E-state index in [0.29, 0.717) is 26.2 Å². The van der Waals surface area contributed by atoms with Crippen LogP contribution in [0.3, 0.4) is 0 Å². The van der Waals surface area contributed by atoms with Crippen molar-refractivity contribution < 1.29 is 19.2 Å². The maximum Gasteiger partial charge on any atom is 0.409 e. The maximum absolute atomic E-state index is 12.4. The van der Waals surface area contributed by atoms with Gasteiger partial charge in [-0.25, -0.2) is 4.79 Å². The van der Waals surface area contributed by atoms with E-state index >= 15 is 0 Å². The van der Waals surface area contributed by atoms with Gasteiger partial charge < -0.3 is 24.8 Å². The Morgan fingerprint density at radius 1 is 1.11 bits per heavy atom. The molecule has 2 amide bonds. The predicted octanol–water partition coefficient (Wildman–Crippen LogP) is 0.129. The van der Waals surface area contributed by atoms with Gasteiger partial charge in [0.05, 0.1) is 32.8 Å².